The Hall–Kier alpha value is -0.910. The number of aliphatic hydroxyl groups excluding tert-OH is 1. The Kier molecular flexibility index (Phi) is 11.9. The predicted octanol–water partition coefficient (Wildman–Crippen LogP) is 0.873. The van der Waals surface area contributed by atoms with E-state index in [9.17, 15) is 9.90 Å². The summed E-state index contributed by atoms with van der Waals surface area (Å²) in [7, 11) is 0. The Morgan fingerprint density at radius 2 is 2.22 bits per heavy atom. The van der Waals surface area contributed by atoms with Gasteiger partial charge in [0.2, 0.25) is 0 Å². The van der Waals surface area contributed by atoms with Crippen LogP contribution >= 0.6 is 0 Å². The van der Waals surface area contributed by atoms with Crippen molar-refractivity contribution in [2.75, 3.05) is 32.9 Å². The lowest BCUT2D eigenvalue weighted by Gasteiger charge is -2.11. The van der Waals surface area contributed by atoms with Crippen molar-refractivity contribution in [1.82, 2.24) is 5.32 Å². The van der Waals surface area contributed by atoms with Gasteiger partial charge in [0.05, 0.1) is 19.3 Å². The molecule has 0 rings (SSSR count). The summed E-state index contributed by atoms with van der Waals surface area (Å²) in [6, 6.07) is 0. The van der Waals surface area contributed by atoms with Crippen LogP contribution in [0.3, 0.4) is 0 Å². The van der Waals surface area contributed by atoms with Crippen LogP contribution in [0.25, 0.3) is 0 Å². The third kappa shape index (κ3) is 11.6. The molecule has 0 heterocycles. The van der Waals surface area contributed by atoms with Crippen molar-refractivity contribution in [3.63, 3.8) is 0 Å². The van der Waals surface area contributed by atoms with E-state index in [1.54, 1.807) is 13.0 Å². The highest BCUT2D eigenvalue weighted by atomic mass is 16.5. The number of aliphatic hydroxyl groups is 1. The number of nitrogens with one attached hydrogen (secondary N) is 1. The van der Waals surface area contributed by atoms with Crippen molar-refractivity contribution in [3.05, 3.63) is 12.2 Å². The fourth-order valence-electron chi connectivity index (χ4n) is 1.25. The SMILES string of the molecule is CC=CC(=O)OCCCNCC(O)COCCC. The molecule has 0 aliphatic carbocycles. The second kappa shape index (κ2) is 12.5. The summed E-state index contributed by atoms with van der Waals surface area (Å²) in [5.41, 5.74) is 0. The number of hydrogen-bond donors (Lipinski definition) is 2. The number of hydrogen-bond acceptors (Lipinski definition) is 5. The summed E-state index contributed by atoms with van der Waals surface area (Å²) in [6.07, 6.45) is 4.24. The van der Waals surface area contributed by atoms with Crippen LogP contribution < -0.4 is 5.32 Å². The Morgan fingerprint density at radius 3 is 2.89 bits per heavy atom. The van der Waals surface area contributed by atoms with Gasteiger partial charge in [0.25, 0.3) is 0 Å². The first-order chi connectivity index (χ1) is 8.70. The summed E-state index contributed by atoms with van der Waals surface area (Å²) in [4.78, 5) is 10.9. The molecule has 0 saturated carbocycles. The second-order valence-corrected chi connectivity index (χ2v) is 3.95. The standard InChI is InChI=1S/C13H25NO4/c1-3-6-13(16)18-9-5-7-14-10-12(15)11-17-8-4-2/h3,6,12,14-15H,4-5,7-11H2,1-2H3. The molecule has 0 bridgehead atoms. The lowest BCUT2D eigenvalue weighted by atomic mass is 10.3. The number of carbonyl (C=O) groups excluding carboxylic acids is 1. The van der Waals surface area contributed by atoms with Crippen LogP contribution in [0.15, 0.2) is 12.2 Å². The highest BCUT2D eigenvalue weighted by Crippen LogP contribution is 1.88. The molecule has 0 aromatic rings. The molecule has 0 spiro atoms. The number of rotatable bonds is 11. The van der Waals surface area contributed by atoms with E-state index >= 15 is 0 Å². The molecule has 0 aromatic heterocycles. The Labute approximate surface area is 109 Å². The van der Waals surface area contributed by atoms with E-state index in [2.05, 4.69) is 5.32 Å². The molecule has 0 aliphatic rings. The van der Waals surface area contributed by atoms with E-state index in [0.29, 0.717) is 32.9 Å². The van der Waals surface area contributed by atoms with Crippen molar-refractivity contribution in [1.29, 1.82) is 0 Å². The molecule has 0 aliphatic heterocycles. The van der Waals surface area contributed by atoms with Gasteiger partial charge in [-0.1, -0.05) is 13.0 Å². The highest BCUT2D eigenvalue weighted by Gasteiger charge is 2.03. The minimum absolute atomic E-state index is 0.314. The Bertz CT molecular complexity index is 231. The number of esters is 1. The molecule has 0 amide bonds. The summed E-state index contributed by atoms with van der Waals surface area (Å²) in [5, 5.41) is 12.6. The van der Waals surface area contributed by atoms with E-state index < -0.39 is 6.10 Å². The lowest BCUT2D eigenvalue weighted by molar-refractivity contribution is -0.137. The van der Waals surface area contributed by atoms with E-state index in [1.165, 1.54) is 6.08 Å². The molecule has 0 aromatic carbocycles. The molecular formula is C13H25NO4. The largest absolute Gasteiger partial charge is 0.462 e. The van der Waals surface area contributed by atoms with E-state index in [-0.39, 0.29) is 5.97 Å². The average molecular weight is 259 g/mol. The van der Waals surface area contributed by atoms with Crippen molar-refractivity contribution >= 4 is 5.97 Å². The average Bonchev–Trinajstić information content (AvgIpc) is 2.34. The van der Waals surface area contributed by atoms with Crippen molar-refractivity contribution < 1.29 is 19.4 Å². The fourth-order valence-corrected chi connectivity index (χ4v) is 1.25. The van der Waals surface area contributed by atoms with E-state index in [4.69, 9.17) is 9.47 Å². The van der Waals surface area contributed by atoms with Gasteiger partial charge in [-0.2, -0.15) is 0 Å². The summed E-state index contributed by atoms with van der Waals surface area (Å²) >= 11 is 0. The quantitative estimate of drug-likeness (QED) is 0.327. The molecule has 1 unspecified atom stereocenters. The topological polar surface area (TPSA) is 67.8 Å². The summed E-state index contributed by atoms with van der Waals surface area (Å²) in [5.74, 6) is -0.314. The van der Waals surface area contributed by atoms with Crippen LogP contribution in [0.4, 0.5) is 0 Å². The van der Waals surface area contributed by atoms with Gasteiger partial charge in [0, 0.05) is 19.2 Å². The van der Waals surface area contributed by atoms with E-state index in [1.807, 2.05) is 6.92 Å². The lowest BCUT2D eigenvalue weighted by Crippen LogP contribution is -2.31. The van der Waals surface area contributed by atoms with Crippen molar-refractivity contribution in [2.45, 2.75) is 32.8 Å². The van der Waals surface area contributed by atoms with Crippen LogP contribution in [0, 0.1) is 0 Å². The van der Waals surface area contributed by atoms with Crippen molar-refractivity contribution in [3.8, 4) is 0 Å². The molecule has 0 fully saturated rings. The zero-order valence-corrected chi connectivity index (χ0v) is 11.4. The molecule has 5 nitrogen and oxygen atoms in total. The number of carbonyl (C=O) groups is 1. The van der Waals surface area contributed by atoms with Crippen LogP contribution in [-0.2, 0) is 14.3 Å². The van der Waals surface area contributed by atoms with E-state index in [0.717, 1.165) is 12.8 Å². The third-order valence-electron chi connectivity index (χ3n) is 2.08. The zero-order chi connectivity index (χ0) is 13.6. The van der Waals surface area contributed by atoms with Gasteiger partial charge >= 0.3 is 5.97 Å². The maximum absolute atomic E-state index is 10.9. The predicted molar refractivity (Wildman–Crippen MR) is 70.4 cm³/mol. The minimum Gasteiger partial charge on any atom is -0.462 e. The monoisotopic (exact) mass is 259 g/mol. The first kappa shape index (κ1) is 17.1. The number of allylic oxidation sites excluding steroid dienone is 1. The van der Waals surface area contributed by atoms with Gasteiger partial charge in [-0.25, -0.2) is 4.79 Å². The smallest absolute Gasteiger partial charge is 0.330 e. The summed E-state index contributed by atoms with van der Waals surface area (Å²) < 4.78 is 10.1. The third-order valence-corrected chi connectivity index (χ3v) is 2.08. The Balaban J connectivity index is 3.26. The first-order valence-corrected chi connectivity index (χ1v) is 6.46. The van der Waals surface area contributed by atoms with Crippen LogP contribution in [0.5, 0.6) is 0 Å². The molecular weight excluding hydrogens is 234 g/mol. The van der Waals surface area contributed by atoms with Crippen LogP contribution in [0.2, 0.25) is 0 Å². The van der Waals surface area contributed by atoms with Gasteiger partial charge in [-0.3, -0.25) is 0 Å². The molecule has 0 saturated heterocycles. The molecule has 5 heteroatoms. The van der Waals surface area contributed by atoms with Gasteiger partial charge in [-0.05, 0) is 26.3 Å². The Morgan fingerprint density at radius 1 is 1.44 bits per heavy atom. The van der Waals surface area contributed by atoms with Gasteiger partial charge in [-0.15, -0.1) is 0 Å². The fraction of sp³-hybridized carbons (Fsp3) is 0.769. The molecule has 106 valence electrons. The van der Waals surface area contributed by atoms with Gasteiger partial charge in [0.1, 0.15) is 0 Å². The highest BCUT2D eigenvalue weighted by molar-refractivity contribution is 5.81. The maximum atomic E-state index is 10.9. The first-order valence-electron chi connectivity index (χ1n) is 6.46. The maximum Gasteiger partial charge on any atom is 0.330 e. The normalized spacial score (nSPS) is 12.8. The van der Waals surface area contributed by atoms with Crippen LogP contribution in [-0.4, -0.2) is 50.1 Å². The van der Waals surface area contributed by atoms with Gasteiger partial charge in [0.15, 0.2) is 0 Å². The zero-order valence-electron chi connectivity index (χ0n) is 11.4. The second-order valence-electron chi connectivity index (χ2n) is 3.95. The summed E-state index contributed by atoms with van der Waals surface area (Å²) in [6.45, 7) is 6.42. The van der Waals surface area contributed by atoms with Crippen molar-refractivity contribution in [2.24, 2.45) is 0 Å². The molecule has 2 N–H and O–H groups in total. The molecule has 1 atom stereocenters. The minimum atomic E-state index is -0.484. The molecule has 18 heavy (non-hydrogen) atoms. The number of ether oxygens (including phenoxy) is 2. The van der Waals surface area contributed by atoms with Crippen LogP contribution in [0.1, 0.15) is 26.7 Å². The van der Waals surface area contributed by atoms with Gasteiger partial charge < -0.3 is 19.9 Å². The molecule has 0 radical (unpaired) electrons.